The van der Waals surface area contributed by atoms with Crippen LogP contribution in [0, 0.1) is 26.7 Å². The molecule has 0 spiro atoms. The molecule has 3 fully saturated rings. The maximum atomic E-state index is 13.0. The van der Waals surface area contributed by atoms with Gasteiger partial charge < -0.3 is 19.3 Å². The van der Waals surface area contributed by atoms with Gasteiger partial charge in [-0.25, -0.2) is 4.98 Å². The Labute approximate surface area is 230 Å². The van der Waals surface area contributed by atoms with Crippen LogP contribution in [0.25, 0.3) is 5.78 Å². The van der Waals surface area contributed by atoms with Crippen molar-refractivity contribution in [1.82, 2.24) is 24.5 Å². The molecule has 2 saturated heterocycles. The smallest absolute Gasteiger partial charge is 0.253 e. The van der Waals surface area contributed by atoms with E-state index in [1.807, 2.05) is 25.7 Å². The first-order valence-corrected chi connectivity index (χ1v) is 14.5. The van der Waals surface area contributed by atoms with Gasteiger partial charge in [-0.2, -0.15) is 9.50 Å². The van der Waals surface area contributed by atoms with Crippen molar-refractivity contribution in [3.63, 3.8) is 0 Å². The maximum Gasteiger partial charge on any atom is 0.253 e. The average molecular weight is 533 g/mol. The van der Waals surface area contributed by atoms with Crippen molar-refractivity contribution >= 4 is 17.4 Å². The monoisotopic (exact) mass is 532 g/mol. The molecule has 208 valence electrons. The lowest BCUT2D eigenvalue weighted by atomic mass is 9.78. The Kier molecular flexibility index (Phi) is 7.42. The van der Waals surface area contributed by atoms with Crippen LogP contribution in [-0.4, -0.2) is 75.9 Å². The molecule has 0 N–H and O–H groups in total. The molecule has 0 radical (unpaired) electrons. The molecule has 1 aromatic carbocycles. The first kappa shape index (κ1) is 26.0. The van der Waals surface area contributed by atoms with Gasteiger partial charge in [0.05, 0.1) is 24.5 Å². The number of carbonyl (C=O) groups excluding carboxylic acids is 1. The summed E-state index contributed by atoms with van der Waals surface area (Å²) >= 11 is 0. The molecule has 9 nitrogen and oxygen atoms in total. The van der Waals surface area contributed by atoms with E-state index in [-0.39, 0.29) is 12.0 Å². The number of hydrogen-bond donors (Lipinski definition) is 0. The highest BCUT2D eigenvalue weighted by atomic mass is 16.5. The predicted molar refractivity (Wildman–Crippen MR) is 149 cm³/mol. The lowest BCUT2D eigenvalue weighted by Crippen LogP contribution is -2.39. The van der Waals surface area contributed by atoms with Crippen molar-refractivity contribution in [3.05, 3.63) is 47.0 Å². The largest absolute Gasteiger partial charge is 0.485 e. The second-order valence-corrected chi connectivity index (χ2v) is 11.4. The third-order valence-corrected chi connectivity index (χ3v) is 8.71. The van der Waals surface area contributed by atoms with Crippen LogP contribution in [0.2, 0.25) is 0 Å². The minimum atomic E-state index is 0.106. The van der Waals surface area contributed by atoms with Crippen molar-refractivity contribution in [2.24, 2.45) is 5.92 Å². The second kappa shape index (κ2) is 11.1. The van der Waals surface area contributed by atoms with Gasteiger partial charge in [-0.3, -0.25) is 4.79 Å². The highest BCUT2D eigenvalue weighted by Crippen LogP contribution is 2.37. The lowest BCUT2D eigenvalue weighted by molar-refractivity contribution is -0.136. The third kappa shape index (κ3) is 5.46. The molecule has 1 aliphatic carbocycles. The fourth-order valence-corrected chi connectivity index (χ4v) is 6.51. The summed E-state index contributed by atoms with van der Waals surface area (Å²) in [5, 5.41) is 4.46. The van der Waals surface area contributed by atoms with Gasteiger partial charge >= 0.3 is 0 Å². The van der Waals surface area contributed by atoms with E-state index in [0.717, 1.165) is 88.4 Å². The molecule has 0 bridgehead atoms. The Morgan fingerprint density at radius 3 is 2.54 bits per heavy atom. The fourth-order valence-electron chi connectivity index (χ4n) is 6.51. The van der Waals surface area contributed by atoms with Crippen molar-refractivity contribution in [2.75, 3.05) is 44.3 Å². The van der Waals surface area contributed by atoms with E-state index in [0.29, 0.717) is 30.0 Å². The van der Waals surface area contributed by atoms with Crippen LogP contribution in [0.5, 0.6) is 5.75 Å². The maximum absolute atomic E-state index is 13.0. The van der Waals surface area contributed by atoms with Crippen LogP contribution in [0.4, 0.5) is 5.69 Å². The number of ether oxygens (including phenoxy) is 2. The Morgan fingerprint density at radius 2 is 1.74 bits per heavy atom. The normalized spacial score (nSPS) is 24.2. The average Bonchev–Trinajstić information content (AvgIpc) is 3.47. The number of nitrogens with zero attached hydrogens (tertiary/aromatic N) is 6. The zero-order valence-electron chi connectivity index (χ0n) is 23.4. The topological polar surface area (TPSA) is 85.1 Å². The molecule has 3 aromatic rings. The third-order valence-electron chi connectivity index (χ3n) is 8.71. The Morgan fingerprint density at radius 1 is 0.949 bits per heavy atom. The van der Waals surface area contributed by atoms with Gasteiger partial charge in [-0.1, -0.05) is 12.1 Å². The summed E-state index contributed by atoms with van der Waals surface area (Å²) < 4.78 is 13.8. The van der Waals surface area contributed by atoms with Crippen LogP contribution >= 0.6 is 0 Å². The number of aryl methyl sites for hydroxylation is 3. The number of benzene rings is 1. The molecule has 1 saturated carbocycles. The molecule has 2 aromatic heterocycles. The summed E-state index contributed by atoms with van der Waals surface area (Å²) in [6.45, 7) is 10.7. The van der Waals surface area contributed by atoms with E-state index < -0.39 is 0 Å². The van der Waals surface area contributed by atoms with E-state index in [9.17, 15) is 4.79 Å². The van der Waals surface area contributed by atoms with E-state index in [1.165, 1.54) is 11.3 Å². The number of fused-ring (bicyclic) bond motifs is 1. The van der Waals surface area contributed by atoms with Crippen LogP contribution in [-0.2, 0) is 9.53 Å². The minimum Gasteiger partial charge on any atom is -0.485 e. The molecule has 1 atom stereocenters. The van der Waals surface area contributed by atoms with Crippen LogP contribution in [0.15, 0.2) is 24.3 Å². The predicted octanol–water partition coefficient (Wildman–Crippen LogP) is 4.23. The molecule has 1 unspecified atom stereocenters. The Hall–Kier alpha value is -3.20. The number of aromatic nitrogens is 4. The van der Waals surface area contributed by atoms with Gasteiger partial charge in [0.1, 0.15) is 11.9 Å². The molecule has 9 heteroatoms. The van der Waals surface area contributed by atoms with Crippen molar-refractivity contribution in [1.29, 1.82) is 0 Å². The summed E-state index contributed by atoms with van der Waals surface area (Å²) in [7, 11) is 0. The van der Waals surface area contributed by atoms with E-state index in [1.54, 1.807) is 4.52 Å². The van der Waals surface area contributed by atoms with Crippen molar-refractivity contribution in [2.45, 2.75) is 71.3 Å². The molecule has 3 aliphatic rings. The lowest BCUT2D eigenvalue weighted by Gasteiger charge is -2.32. The quantitative estimate of drug-likeness (QED) is 0.486. The zero-order valence-corrected chi connectivity index (χ0v) is 23.4. The fraction of sp³-hybridized carbons (Fsp3) is 0.600. The van der Waals surface area contributed by atoms with Gasteiger partial charge in [0.2, 0.25) is 5.91 Å². The van der Waals surface area contributed by atoms with Gasteiger partial charge in [-0.05, 0) is 76.5 Å². The first-order valence-electron chi connectivity index (χ1n) is 14.5. The standard InChI is InChI=1S/C30H40N6O3/c1-20-28(21(2)36-30(31-20)32-22(3)33-36)39-27-13-15-35(19-27)26-11-9-24(10-12-26)23-5-7-25(8-6-23)29(37)34-14-4-17-38-18-16-34/h9-12,23,25,27H,4-8,13-19H2,1-3H3. The van der Waals surface area contributed by atoms with Crippen molar-refractivity contribution < 1.29 is 14.3 Å². The summed E-state index contributed by atoms with van der Waals surface area (Å²) in [6.07, 6.45) is 6.17. The molecular formula is C30H40N6O3. The van der Waals surface area contributed by atoms with E-state index in [2.05, 4.69) is 44.2 Å². The van der Waals surface area contributed by atoms with Gasteiger partial charge in [-0.15, -0.1) is 5.10 Å². The SMILES string of the molecule is Cc1nc2nc(C)c(OC3CCN(c4ccc(C5CCC(C(=O)N6CCCOCC6)CC5)cc4)C3)c(C)n2n1. The molecule has 4 heterocycles. The number of amides is 1. The summed E-state index contributed by atoms with van der Waals surface area (Å²) in [4.78, 5) is 26.5. The highest BCUT2D eigenvalue weighted by molar-refractivity contribution is 5.79. The molecule has 2 aliphatic heterocycles. The van der Waals surface area contributed by atoms with E-state index in [4.69, 9.17) is 9.47 Å². The van der Waals surface area contributed by atoms with Gasteiger partial charge in [0, 0.05) is 44.3 Å². The minimum absolute atomic E-state index is 0.106. The van der Waals surface area contributed by atoms with Crippen LogP contribution in [0.3, 0.4) is 0 Å². The number of carbonyl (C=O) groups is 1. The number of anilines is 1. The van der Waals surface area contributed by atoms with Gasteiger partial charge in [0.15, 0.2) is 5.75 Å². The Bertz CT molecular complexity index is 1310. The Balaban J connectivity index is 1.03. The van der Waals surface area contributed by atoms with E-state index >= 15 is 0 Å². The first-order chi connectivity index (χ1) is 19.0. The van der Waals surface area contributed by atoms with Crippen LogP contribution in [0.1, 0.15) is 67.2 Å². The molecule has 1 amide bonds. The number of rotatable bonds is 5. The van der Waals surface area contributed by atoms with Crippen molar-refractivity contribution in [3.8, 4) is 5.75 Å². The molecular weight excluding hydrogens is 492 g/mol. The van der Waals surface area contributed by atoms with Crippen LogP contribution < -0.4 is 9.64 Å². The molecule has 6 rings (SSSR count). The highest BCUT2D eigenvalue weighted by Gasteiger charge is 2.31. The zero-order chi connectivity index (χ0) is 26.9. The summed E-state index contributed by atoms with van der Waals surface area (Å²) in [5.74, 6) is 3.21. The molecule has 39 heavy (non-hydrogen) atoms. The number of hydrogen-bond acceptors (Lipinski definition) is 7. The summed E-state index contributed by atoms with van der Waals surface area (Å²) in [5.41, 5.74) is 4.43. The second-order valence-electron chi connectivity index (χ2n) is 11.4. The van der Waals surface area contributed by atoms with Gasteiger partial charge in [0.25, 0.3) is 5.78 Å². The summed E-state index contributed by atoms with van der Waals surface area (Å²) in [6, 6.07) is 9.10.